The number of carbonyl (C=O) groups is 4. The van der Waals surface area contributed by atoms with E-state index in [9.17, 15) is 44.7 Å². The van der Waals surface area contributed by atoms with Crippen LogP contribution in [0.2, 0.25) is 0 Å². The third-order valence-electron chi connectivity index (χ3n) is 15.1. The molecule has 0 spiro atoms. The number of aromatic hydroxyl groups is 1. The van der Waals surface area contributed by atoms with Crippen LogP contribution in [0.5, 0.6) is 23.0 Å². The van der Waals surface area contributed by atoms with Crippen molar-refractivity contribution in [1.29, 1.82) is 0 Å². The van der Waals surface area contributed by atoms with Crippen molar-refractivity contribution in [1.82, 2.24) is 4.90 Å². The molecule has 0 unspecified atom stereocenters. The van der Waals surface area contributed by atoms with Crippen LogP contribution in [-0.4, -0.2) is 113 Å². The molecule has 0 radical (unpaired) electrons. The van der Waals surface area contributed by atoms with Crippen LogP contribution < -0.4 is 41.2 Å². The predicted octanol–water partition coefficient (Wildman–Crippen LogP) is 6.24. The maximum atomic E-state index is 14.3. The molecule has 2 amide bonds. The van der Waals surface area contributed by atoms with E-state index in [1.165, 1.54) is 41.0 Å². The van der Waals surface area contributed by atoms with Gasteiger partial charge in [0.15, 0.2) is 17.1 Å². The third kappa shape index (κ3) is 9.77. The van der Waals surface area contributed by atoms with Crippen molar-refractivity contribution < 1.29 is 58.9 Å². The Morgan fingerprint density at radius 3 is 1.63 bits per heavy atom. The van der Waals surface area contributed by atoms with Gasteiger partial charge in [0.25, 0.3) is 5.91 Å². The Balaban J connectivity index is 0.926. The number of aliphatic hydroxyl groups is 4. The standard InChI is InChI=1S/C55H68N3O12P/c1-32-39-29-30-40(48(60)43(39)49(61)44-42(32)50(62)46-47(58(2)3)51(63)45(54(56)66)53(65)55(46,67)52(44)64)57-41(59)16-14-12-10-8-7-9-11-13-15-31-71(36-23-17-33(68-4)18-24-36,37-25-19-34(69-5)20-26-37)38-27-21-35(70-6)22-28-38/h17-30,32,42,46-47,50,60,62-64,67,71H,7-16,31H2,1-6H3,(H2,56,66)(H,57,59)/t32-,42+,46+,47-,50-,55-/m0/s1. The number of nitrogens with two attached hydrogens (primary N) is 1. The average Bonchev–Trinajstić information content (AvgIpc) is 3.36. The van der Waals surface area contributed by atoms with E-state index in [-0.39, 0.29) is 23.6 Å². The molecule has 15 nitrogen and oxygen atoms in total. The number of hydrogen-bond acceptors (Lipinski definition) is 13. The molecule has 7 rings (SSSR count). The molecule has 0 aromatic heterocycles. The summed E-state index contributed by atoms with van der Waals surface area (Å²) in [7, 11) is 5.52. The first-order valence-corrected chi connectivity index (χ1v) is 26.6. The molecular formula is C55H68N3O12P. The van der Waals surface area contributed by atoms with Crippen LogP contribution >= 0.6 is 7.26 Å². The summed E-state index contributed by atoms with van der Waals surface area (Å²) in [6.45, 7) is 1.65. The number of Topliss-reactive ketones (excluding diaryl/α,β-unsaturated/α-hetero) is 2. The number of amides is 2. The van der Waals surface area contributed by atoms with Crippen LogP contribution in [0.25, 0.3) is 0 Å². The number of fused-ring (bicyclic) bond motifs is 3. The van der Waals surface area contributed by atoms with Gasteiger partial charge in [0.1, 0.15) is 17.1 Å². The normalized spacial score (nSPS) is 22.1. The van der Waals surface area contributed by atoms with Crippen LogP contribution in [-0.2, 0) is 14.4 Å². The van der Waals surface area contributed by atoms with Crippen molar-refractivity contribution in [2.24, 2.45) is 17.6 Å². The number of nitrogens with zero attached hydrogens (tertiary/aromatic N) is 1. The third-order valence-corrected chi connectivity index (χ3v) is 20.2. The van der Waals surface area contributed by atoms with Gasteiger partial charge in [0, 0.05) is 11.5 Å². The molecule has 4 aromatic rings. The molecule has 3 aliphatic rings. The SMILES string of the molecule is COc1ccc([PH](CCCCCCCCCCCC(=O)Nc2ccc3c(c2O)C(=O)C2=C(O)[C@]4(O)C(=O)C(C(N)=O)=C(O)[C@@H](N(C)C)[C@@H]4[C@@H](O)[C@@H]2[C@H]3C)(c2ccc(OC)cc2)c2ccc(OC)cc2)cc1. The second-order valence-corrected chi connectivity index (χ2v) is 23.3. The molecule has 6 atom stereocenters. The van der Waals surface area contributed by atoms with E-state index in [4.69, 9.17) is 19.9 Å². The number of ketones is 2. The number of unbranched alkanes of at least 4 members (excludes halogenated alkanes) is 8. The molecule has 0 saturated carbocycles. The number of ether oxygens (including phenoxy) is 3. The number of phenols is 1. The first kappa shape index (κ1) is 52.6. The van der Waals surface area contributed by atoms with Crippen LogP contribution in [0.3, 0.4) is 0 Å². The fourth-order valence-electron chi connectivity index (χ4n) is 11.4. The van der Waals surface area contributed by atoms with E-state index in [0.717, 1.165) is 74.8 Å². The van der Waals surface area contributed by atoms with E-state index >= 15 is 0 Å². The molecule has 0 bridgehead atoms. The number of aliphatic hydroxyl groups excluding tert-OH is 3. The summed E-state index contributed by atoms with van der Waals surface area (Å²) in [5.41, 5.74) is 0.929. The number of phenolic OH excluding ortho intramolecular Hbond substituents is 1. The van der Waals surface area contributed by atoms with Crippen LogP contribution in [0.15, 0.2) is 108 Å². The number of primary amides is 1. The van der Waals surface area contributed by atoms with E-state index in [1.54, 1.807) is 34.3 Å². The molecule has 0 fully saturated rings. The Kier molecular flexibility index (Phi) is 16.3. The van der Waals surface area contributed by atoms with Gasteiger partial charge in [-0.15, -0.1) is 0 Å². The molecule has 8 N–H and O–H groups in total. The number of nitrogens with one attached hydrogen (secondary N) is 1. The van der Waals surface area contributed by atoms with Gasteiger partial charge in [-0.05, 0) is 31.6 Å². The molecular weight excluding hydrogens is 926 g/mol. The summed E-state index contributed by atoms with van der Waals surface area (Å²) >= 11 is 0. The zero-order chi connectivity index (χ0) is 51.4. The monoisotopic (exact) mass is 993 g/mol. The number of rotatable bonds is 21. The number of anilines is 1. The molecule has 16 heteroatoms. The van der Waals surface area contributed by atoms with Gasteiger partial charge in [0.2, 0.25) is 5.78 Å². The van der Waals surface area contributed by atoms with Gasteiger partial charge >= 0.3 is 225 Å². The van der Waals surface area contributed by atoms with Crippen molar-refractivity contribution >= 4 is 52.2 Å². The Bertz CT molecular complexity index is 2570. The topological polar surface area (TPSA) is 238 Å². The molecule has 0 heterocycles. The summed E-state index contributed by atoms with van der Waals surface area (Å²) < 4.78 is 16.6. The Morgan fingerprint density at radius 2 is 1.18 bits per heavy atom. The van der Waals surface area contributed by atoms with Crippen molar-refractivity contribution in [2.75, 3.05) is 46.9 Å². The maximum absolute atomic E-state index is 14.3. The Morgan fingerprint density at radius 1 is 0.718 bits per heavy atom. The fourth-order valence-corrected chi connectivity index (χ4v) is 16.3. The number of benzene rings is 4. The van der Waals surface area contributed by atoms with E-state index in [1.807, 2.05) is 36.4 Å². The van der Waals surface area contributed by atoms with Gasteiger partial charge in [-0.25, -0.2) is 0 Å². The van der Waals surface area contributed by atoms with E-state index in [0.29, 0.717) is 12.0 Å². The Labute approximate surface area is 415 Å². The molecule has 0 aliphatic heterocycles. The van der Waals surface area contributed by atoms with Crippen molar-refractivity contribution in [2.45, 2.75) is 94.8 Å². The minimum absolute atomic E-state index is 0.0389. The van der Waals surface area contributed by atoms with Crippen LogP contribution in [0, 0.1) is 11.8 Å². The molecule has 4 aromatic carbocycles. The number of carbonyl (C=O) groups excluding carboxylic acids is 4. The summed E-state index contributed by atoms with van der Waals surface area (Å²) in [4.78, 5) is 54.8. The van der Waals surface area contributed by atoms with Crippen LogP contribution in [0.4, 0.5) is 5.69 Å². The van der Waals surface area contributed by atoms with E-state index < -0.39 is 88.7 Å². The second kappa shape index (κ2) is 22.0. The summed E-state index contributed by atoms with van der Waals surface area (Å²) in [6.07, 6.45) is 8.40. The first-order valence-electron chi connectivity index (χ1n) is 24.4. The number of hydrogen-bond donors (Lipinski definition) is 7. The predicted molar refractivity (Wildman–Crippen MR) is 276 cm³/mol. The number of methoxy groups -OCH3 is 3. The second-order valence-electron chi connectivity index (χ2n) is 19.3. The Hall–Kier alpha value is -6.25. The van der Waals surface area contributed by atoms with E-state index in [2.05, 4.69) is 41.7 Å². The van der Waals surface area contributed by atoms with Crippen LogP contribution in [0.1, 0.15) is 93.0 Å². The minimum atomic E-state index is -3.02. The molecule has 0 saturated heterocycles. The quantitative estimate of drug-likeness (QED) is 0.0212. The summed E-state index contributed by atoms with van der Waals surface area (Å²) in [5, 5.41) is 64.6. The van der Waals surface area contributed by atoms with Gasteiger partial charge in [-0.2, -0.15) is 0 Å². The van der Waals surface area contributed by atoms with Gasteiger partial charge in [0.05, 0.1) is 29.3 Å². The van der Waals surface area contributed by atoms with Gasteiger partial charge < -0.3 is 36.6 Å². The molecule has 380 valence electrons. The molecule has 71 heavy (non-hydrogen) atoms. The van der Waals surface area contributed by atoms with Crippen molar-refractivity contribution in [3.8, 4) is 23.0 Å². The molecule has 3 aliphatic carbocycles. The van der Waals surface area contributed by atoms with Gasteiger partial charge in [-0.3, -0.25) is 24.1 Å². The van der Waals surface area contributed by atoms with Crippen molar-refractivity contribution in [3.63, 3.8) is 0 Å². The average molecular weight is 994 g/mol. The fraction of sp³-hybridized carbons (Fsp3) is 0.418. The van der Waals surface area contributed by atoms with Crippen molar-refractivity contribution in [3.05, 3.63) is 119 Å². The summed E-state index contributed by atoms with van der Waals surface area (Å²) in [5.74, 6) is -7.72. The summed E-state index contributed by atoms with van der Waals surface area (Å²) in [6, 6.07) is 27.3. The van der Waals surface area contributed by atoms with Gasteiger partial charge in [-0.1, -0.05) is 13.0 Å². The number of likely N-dealkylation sites (N-methyl/N-ethyl adjacent to an activating group) is 1. The first-order chi connectivity index (χ1) is 34.0. The zero-order valence-electron chi connectivity index (χ0n) is 41.4. The zero-order valence-corrected chi connectivity index (χ0v) is 42.4.